The molecule has 1 heterocycles. The molecule has 4 aliphatic carbocycles. The Morgan fingerprint density at radius 1 is 0.722 bits per heavy atom. The third-order valence-electron chi connectivity index (χ3n) is 8.18. The Morgan fingerprint density at radius 3 is 1.39 bits per heavy atom. The van der Waals surface area contributed by atoms with Crippen molar-refractivity contribution in [3.8, 4) is 0 Å². The van der Waals surface area contributed by atoms with Crippen LogP contribution in [0.4, 0.5) is 0 Å². The van der Waals surface area contributed by atoms with Gasteiger partial charge in [0.05, 0.1) is 5.11 Å². The molecule has 4 N–H and O–H groups in total. The van der Waals surface area contributed by atoms with Gasteiger partial charge in [0.1, 0.15) is 11.1 Å². The molecule has 11 heteroatoms. The first-order valence-electron chi connectivity index (χ1n) is 12.7. The summed E-state index contributed by atoms with van der Waals surface area (Å²) < 4.78 is 1.40. The van der Waals surface area contributed by atoms with Gasteiger partial charge < -0.3 is 21.3 Å². The largest absolute Gasteiger partial charge is 0.356 e. The topological polar surface area (TPSA) is 144 Å². The van der Waals surface area contributed by atoms with Gasteiger partial charge in [0, 0.05) is 53.9 Å². The predicted molar refractivity (Wildman–Crippen MR) is 131 cm³/mol. The number of nitrogens with zero attached hydrogens (tertiary/aromatic N) is 3. The second-order valence-electron chi connectivity index (χ2n) is 12.0. The van der Waals surface area contributed by atoms with Crippen molar-refractivity contribution in [2.24, 2.45) is 32.0 Å². The fourth-order valence-electron chi connectivity index (χ4n) is 8.11. The van der Waals surface area contributed by atoms with Crippen LogP contribution >= 0.6 is 0 Å². The van der Waals surface area contributed by atoms with Gasteiger partial charge in [0.25, 0.3) is 11.6 Å². The molecule has 4 amide bonds. The predicted octanol–water partition coefficient (Wildman–Crippen LogP) is 0.805. The van der Waals surface area contributed by atoms with Crippen LogP contribution in [0.5, 0.6) is 0 Å². The second kappa shape index (κ2) is 9.42. The van der Waals surface area contributed by atoms with E-state index in [-0.39, 0.29) is 51.8 Å². The Hall–Kier alpha value is -3.07. The van der Waals surface area contributed by atoms with Gasteiger partial charge in [0.2, 0.25) is 24.3 Å². The molecular formula is C25H38N7O4+. The molecule has 1 aliphatic heterocycles. The summed E-state index contributed by atoms with van der Waals surface area (Å²) in [5.74, 6) is 2.55. The van der Waals surface area contributed by atoms with Crippen molar-refractivity contribution in [2.75, 3.05) is 32.7 Å². The number of hydrogen-bond donors (Lipinski definition) is 4. The fourth-order valence-corrected chi connectivity index (χ4v) is 8.11. The van der Waals surface area contributed by atoms with E-state index in [1.807, 2.05) is 0 Å². The Bertz CT molecular complexity index is 983. The van der Waals surface area contributed by atoms with Crippen LogP contribution in [-0.2, 0) is 19.2 Å². The van der Waals surface area contributed by atoms with Gasteiger partial charge >= 0.3 is 0 Å². The zero-order chi connectivity index (χ0) is 26.2. The number of carbonyl (C=O) groups is 4. The number of hydrogen-bond acceptors (Lipinski definition) is 6. The minimum Gasteiger partial charge on any atom is -0.356 e. The van der Waals surface area contributed by atoms with Gasteiger partial charge in [-0.05, 0) is 60.2 Å². The van der Waals surface area contributed by atoms with E-state index >= 15 is 0 Å². The summed E-state index contributed by atoms with van der Waals surface area (Å²) in [6, 6.07) is 0. The molecule has 0 saturated heterocycles. The lowest BCUT2D eigenvalue weighted by Gasteiger charge is -2.71. The lowest BCUT2D eigenvalue weighted by molar-refractivity contribution is -0.520. The Kier molecular flexibility index (Phi) is 6.81. The molecule has 0 radical (unpaired) electrons. The zero-order valence-corrected chi connectivity index (χ0v) is 21.8. The molecule has 0 aromatic heterocycles. The average molecular weight is 501 g/mol. The number of rotatable bonds is 10. The first-order valence-corrected chi connectivity index (χ1v) is 12.7. The highest BCUT2D eigenvalue weighted by molar-refractivity contribution is 5.77. The van der Waals surface area contributed by atoms with Gasteiger partial charge in [0.15, 0.2) is 0 Å². The van der Waals surface area contributed by atoms with Crippen LogP contribution < -0.4 is 21.3 Å². The van der Waals surface area contributed by atoms with Crippen LogP contribution in [0, 0.1) is 21.7 Å². The van der Waals surface area contributed by atoms with E-state index in [2.05, 4.69) is 37.5 Å². The van der Waals surface area contributed by atoms with E-state index < -0.39 is 0 Å². The lowest BCUT2D eigenvalue weighted by Crippen LogP contribution is -2.68. The van der Waals surface area contributed by atoms with Crippen LogP contribution in [0.1, 0.15) is 66.2 Å². The fraction of sp³-hybridized carbons (Fsp3) is 0.760. The molecule has 4 saturated carbocycles. The molecule has 5 aliphatic rings. The molecule has 0 atom stereocenters. The first-order chi connectivity index (χ1) is 16.9. The highest BCUT2D eigenvalue weighted by atomic mass is 16.2. The summed E-state index contributed by atoms with van der Waals surface area (Å²) in [7, 11) is 0. The van der Waals surface area contributed by atoms with E-state index in [9.17, 15) is 19.2 Å². The van der Waals surface area contributed by atoms with Gasteiger partial charge in [-0.25, -0.2) is 0 Å². The third-order valence-corrected chi connectivity index (χ3v) is 8.18. The monoisotopic (exact) mass is 500 g/mol. The van der Waals surface area contributed by atoms with Gasteiger partial charge in [-0.3, -0.25) is 19.2 Å². The van der Waals surface area contributed by atoms with E-state index in [0.29, 0.717) is 31.9 Å². The molecule has 11 nitrogen and oxygen atoms in total. The van der Waals surface area contributed by atoms with E-state index in [1.165, 1.54) is 25.5 Å². The molecule has 0 aromatic rings. The summed E-state index contributed by atoms with van der Waals surface area (Å²) in [6.07, 6.45) is 5.30. The quantitative estimate of drug-likeness (QED) is 0.329. The van der Waals surface area contributed by atoms with Gasteiger partial charge in [-0.15, -0.1) is 0 Å². The van der Waals surface area contributed by atoms with Crippen molar-refractivity contribution in [1.29, 1.82) is 0 Å². The van der Waals surface area contributed by atoms with Crippen LogP contribution in [0.2, 0.25) is 0 Å². The number of nitrogens with one attached hydrogen (secondary N) is 4. The van der Waals surface area contributed by atoms with Crippen LogP contribution in [0.25, 0.3) is 0 Å². The maximum atomic E-state index is 12.8. The van der Waals surface area contributed by atoms with Crippen molar-refractivity contribution in [3.05, 3.63) is 5.70 Å². The smallest absolute Gasteiger partial charge is 0.265 e. The lowest BCUT2D eigenvalue weighted by atomic mass is 9.35. The maximum Gasteiger partial charge on any atom is 0.265 e. The number of carbonyl (C=O) groups excluding carboxylic acids is 4. The second-order valence-corrected chi connectivity index (χ2v) is 12.0. The van der Waals surface area contributed by atoms with Crippen molar-refractivity contribution in [3.63, 3.8) is 0 Å². The van der Waals surface area contributed by atoms with Gasteiger partial charge in [-0.2, -0.15) is 0 Å². The van der Waals surface area contributed by atoms with Crippen LogP contribution in [0.3, 0.4) is 0 Å². The molecule has 4 fully saturated rings. The van der Waals surface area contributed by atoms with E-state index in [1.54, 1.807) is 6.92 Å². The molecule has 0 aromatic carbocycles. The minimum absolute atomic E-state index is 0.0437. The molecular weight excluding hydrogens is 462 g/mol. The SMILES string of the molecule is CC(=O)NCC12CC3(CNC(C)=O)CC(CNC(C)=O)(C1)CC(CNC(=O)C[N+]1=C=C(C)N=N1)(C2)C3. The van der Waals surface area contributed by atoms with Crippen molar-refractivity contribution < 1.29 is 23.9 Å². The van der Waals surface area contributed by atoms with E-state index in [0.717, 1.165) is 38.5 Å². The Labute approximate surface area is 211 Å². The normalized spacial score (nSPS) is 33.6. The molecule has 0 unspecified atom stereocenters. The summed E-state index contributed by atoms with van der Waals surface area (Å²) in [4.78, 5) is 48.5. The molecule has 4 bridgehead atoms. The minimum atomic E-state index is -0.207. The summed E-state index contributed by atoms with van der Waals surface area (Å²) in [5, 5.41) is 20.1. The highest BCUT2D eigenvalue weighted by Gasteiger charge is 2.67. The molecule has 0 spiro atoms. The first kappa shape index (κ1) is 26.0. The van der Waals surface area contributed by atoms with E-state index in [4.69, 9.17) is 0 Å². The van der Waals surface area contributed by atoms with Crippen molar-refractivity contribution in [1.82, 2.24) is 21.3 Å². The number of allylic oxidation sites excluding steroid dienone is 1. The zero-order valence-electron chi connectivity index (χ0n) is 21.8. The molecule has 36 heavy (non-hydrogen) atoms. The molecule has 5 rings (SSSR count). The summed E-state index contributed by atoms with van der Waals surface area (Å²) in [6.45, 7) is 8.54. The summed E-state index contributed by atoms with van der Waals surface area (Å²) >= 11 is 0. The van der Waals surface area contributed by atoms with Crippen LogP contribution in [0.15, 0.2) is 16.0 Å². The maximum absolute atomic E-state index is 12.8. The van der Waals surface area contributed by atoms with Crippen LogP contribution in [-0.4, -0.2) is 66.9 Å². The van der Waals surface area contributed by atoms with Crippen molar-refractivity contribution in [2.45, 2.75) is 66.2 Å². The Morgan fingerprint density at radius 2 is 1.08 bits per heavy atom. The molecule has 196 valence electrons. The van der Waals surface area contributed by atoms with Crippen molar-refractivity contribution >= 4 is 29.5 Å². The standard InChI is InChI=1S/C25H37N7O4/c1-17-5-32(31-30-17)6-21(36)29-16-25-10-22(13-26-18(2)33)7-23(11-25,14-27-19(3)34)9-24(8-22,12-25)15-28-20(4)35/h6-16H2,1-4H3,(H3-,26,27,28,29,33,34,35,36)/p+1. The third kappa shape index (κ3) is 5.67. The number of amides is 4. The highest BCUT2D eigenvalue weighted by Crippen LogP contribution is 2.73. The summed E-state index contributed by atoms with van der Waals surface area (Å²) in [5.41, 5.74) is -0.0815. The average Bonchev–Trinajstić information content (AvgIpc) is 3.17. The van der Waals surface area contributed by atoms with Gasteiger partial charge in [-0.1, -0.05) is 4.68 Å². The Balaban J connectivity index is 1.61.